The van der Waals surface area contributed by atoms with E-state index in [1.54, 1.807) is 0 Å². The number of nitrogens with one attached hydrogen (secondary N) is 1. The molecule has 2 N–H and O–H groups in total. The molecule has 0 aliphatic heterocycles. The van der Waals surface area contributed by atoms with Gasteiger partial charge in [-0.3, -0.25) is 4.84 Å². The summed E-state index contributed by atoms with van der Waals surface area (Å²) in [6.45, 7) is 6.50. The zero-order valence-electron chi connectivity index (χ0n) is 10.3. The zero-order valence-corrected chi connectivity index (χ0v) is 10.3. The van der Waals surface area contributed by atoms with Crippen LogP contribution < -0.4 is 5.48 Å². The van der Waals surface area contributed by atoms with Crippen LogP contribution in [0.2, 0.25) is 0 Å². The van der Waals surface area contributed by atoms with Gasteiger partial charge in [-0.1, -0.05) is 25.7 Å². The van der Waals surface area contributed by atoms with Gasteiger partial charge in [0.1, 0.15) is 0 Å². The topological polar surface area (TPSA) is 41.5 Å². The Morgan fingerprint density at radius 2 is 1.93 bits per heavy atom. The van der Waals surface area contributed by atoms with E-state index in [-0.39, 0.29) is 11.7 Å². The minimum Gasteiger partial charge on any atom is -0.392 e. The van der Waals surface area contributed by atoms with Crippen molar-refractivity contribution < 1.29 is 9.94 Å². The van der Waals surface area contributed by atoms with Crippen LogP contribution in [0.5, 0.6) is 0 Å². The molecule has 0 amide bonds. The Balaban J connectivity index is 2.05. The number of hydrogen-bond donors (Lipinski definition) is 2. The standard InChI is InChI=1S/C12H25NO2/c1-12(2,3)15-13-9-11(14)8-10-6-4-5-7-10/h10-11,13-14H,4-9H2,1-3H3. The Bertz CT molecular complexity index is 171. The van der Waals surface area contributed by atoms with Gasteiger partial charge in [0, 0.05) is 6.54 Å². The molecule has 0 spiro atoms. The maximum absolute atomic E-state index is 9.76. The summed E-state index contributed by atoms with van der Waals surface area (Å²) in [6, 6.07) is 0. The molecule has 1 rings (SSSR count). The van der Waals surface area contributed by atoms with Crippen molar-refractivity contribution >= 4 is 0 Å². The van der Waals surface area contributed by atoms with E-state index in [1.807, 2.05) is 20.8 Å². The predicted octanol–water partition coefficient (Wildman–Crippen LogP) is 2.25. The van der Waals surface area contributed by atoms with E-state index in [4.69, 9.17) is 4.84 Å². The average molecular weight is 215 g/mol. The highest BCUT2D eigenvalue weighted by Gasteiger charge is 2.19. The molecule has 0 aromatic carbocycles. The summed E-state index contributed by atoms with van der Waals surface area (Å²) in [5.74, 6) is 0.733. The molecule has 1 saturated carbocycles. The summed E-state index contributed by atoms with van der Waals surface area (Å²) in [5.41, 5.74) is 2.66. The lowest BCUT2D eigenvalue weighted by Gasteiger charge is -2.21. The molecule has 0 saturated heterocycles. The minimum atomic E-state index is -0.268. The van der Waals surface area contributed by atoms with E-state index < -0.39 is 0 Å². The molecule has 15 heavy (non-hydrogen) atoms. The minimum absolute atomic E-state index is 0.187. The molecule has 3 nitrogen and oxygen atoms in total. The van der Waals surface area contributed by atoms with Crippen molar-refractivity contribution in [3.8, 4) is 0 Å². The molecule has 1 aliphatic carbocycles. The van der Waals surface area contributed by atoms with Crippen LogP contribution in [0.3, 0.4) is 0 Å². The first-order chi connectivity index (χ1) is 6.97. The van der Waals surface area contributed by atoms with E-state index >= 15 is 0 Å². The monoisotopic (exact) mass is 215 g/mol. The molecule has 0 bridgehead atoms. The first-order valence-corrected chi connectivity index (χ1v) is 6.06. The van der Waals surface area contributed by atoms with Crippen molar-refractivity contribution in [2.24, 2.45) is 5.92 Å². The largest absolute Gasteiger partial charge is 0.392 e. The third-order valence-corrected chi connectivity index (χ3v) is 2.78. The Labute approximate surface area is 93.2 Å². The average Bonchev–Trinajstić information content (AvgIpc) is 2.54. The lowest BCUT2D eigenvalue weighted by molar-refractivity contribution is -0.0844. The molecule has 0 radical (unpaired) electrons. The number of aliphatic hydroxyl groups is 1. The van der Waals surface area contributed by atoms with Gasteiger partial charge in [0.15, 0.2) is 0 Å². The number of hydrogen-bond acceptors (Lipinski definition) is 3. The van der Waals surface area contributed by atoms with Crippen molar-refractivity contribution in [3.63, 3.8) is 0 Å². The van der Waals surface area contributed by atoms with Gasteiger partial charge in [-0.15, -0.1) is 0 Å². The van der Waals surface area contributed by atoms with Crippen molar-refractivity contribution in [2.75, 3.05) is 6.54 Å². The molecule has 0 aromatic rings. The van der Waals surface area contributed by atoms with Crippen molar-refractivity contribution in [1.29, 1.82) is 0 Å². The molecule has 0 aromatic heterocycles. The number of rotatable bonds is 5. The summed E-state index contributed by atoms with van der Waals surface area (Å²) in [7, 11) is 0. The number of aliphatic hydroxyl groups excluding tert-OH is 1. The Hall–Kier alpha value is -0.120. The molecule has 1 fully saturated rings. The second kappa shape index (κ2) is 5.83. The normalized spacial score (nSPS) is 20.8. The molecular weight excluding hydrogens is 190 g/mol. The molecule has 1 unspecified atom stereocenters. The van der Waals surface area contributed by atoms with Gasteiger partial charge in [-0.05, 0) is 33.1 Å². The van der Waals surface area contributed by atoms with Crippen LogP contribution in [0.25, 0.3) is 0 Å². The molecule has 90 valence electrons. The third-order valence-electron chi connectivity index (χ3n) is 2.78. The van der Waals surface area contributed by atoms with Crippen LogP contribution in [0.1, 0.15) is 52.9 Å². The zero-order chi connectivity index (χ0) is 11.3. The van der Waals surface area contributed by atoms with Crippen LogP contribution in [-0.2, 0) is 4.84 Å². The van der Waals surface area contributed by atoms with Crippen LogP contribution >= 0.6 is 0 Å². The van der Waals surface area contributed by atoms with Crippen molar-refractivity contribution in [2.45, 2.75) is 64.6 Å². The maximum atomic E-state index is 9.76. The maximum Gasteiger partial charge on any atom is 0.0812 e. The lowest BCUT2D eigenvalue weighted by atomic mass is 10.0. The second-order valence-electron chi connectivity index (χ2n) is 5.60. The highest BCUT2D eigenvalue weighted by Crippen LogP contribution is 2.28. The molecule has 1 aliphatic rings. The van der Waals surface area contributed by atoms with Gasteiger partial charge in [0.05, 0.1) is 11.7 Å². The summed E-state index contributed by atoms with van der Waals surface area (Å²) >= 11 is 0. The fourth-order valence-electron chi connectivity index (χ4n) is 2.07. The van der Waals surface area contributed by atoms with Crippen LogP contribution in [0.4, 0.5) is 0 Å². The first kappa shape index (κ1) is 12.9. The second-order valence-corrected chi connectivity index (χ2v) is 5.60. The van der Waals surface area contributed by atoms with E-state index in [9.17, 15) is 5.11 Å². The van der Waals surface area contributed by atoms with E-state index in [0.29, 0.717) is 6.54 Å². The van der Waals surface area contributed by atoms with Crippen LogP contribution in [0, 0.1) is 5.92 Å². The van der Waals surface area contributed by atoms with Gasteiger partial charge < -0.3 is 5.11 Å². The van der Waals surface area contributed by atoms with Gasteiger partial charge in [0.2, 0.25) is 0 Å². The van der Waals surface area contributed by atoms with Crippen LogP contribution in [-0.4, -0.2) is 23.4 Å². The smallest absolute Gasteiger partial charge is 0.0812 e. The summed E-state index contributed by atoms with van der Waals surface area (Å²) in [5, 5.41) is 9.76. The molecule has 0 heterocycles. The summed E-state index contributed by atoms with van der Waals surface area (Å²) < 4.78 is 0. The molecule has 1 atom stereocenters. The summed E-state index contributed by atoms with van der Waals surface area (Å²) in [4.78, 5) is 5.35. The Morgan fingerprint density at radius 1 is 1.33 bits per heavy atom. The van der Waals surface area contributed by atoms with Crippen molar-refractivity contribution in [1.82, 2.24) is 5.48 Å². The Morgan fingerprint density at radius 3 is 2.47 bits per heavy atom. The third kappa shape index (κ3) is 6.13. The first-order valence-electron chi connectivity index (χ1n) is 6.06. The SMILES string of the molecule is CC(C)(C)ONCC(O)CC1CCCC1. The Kier molecular flexibility index (Phi) is 5.03. The quantitative estimate of drug-likeness (QED) is 0.691. The fraction of sp³-hybridized carbons (Fsp3) is 1.00. The molecular formula is C12H25NO2. The highest BCUT2D eigenvalue weighted by atomic mass is 16.7. The molecule has 3 heteroatoms. The summed E-state index contributed by atoms with van der Waals surface area (Å²) in [6.07, 6.45) is 5.90. The van der Waals surface area contributed by atoms with Gasteiger partial charge in [-0.2, -0.15) is 5.48 Å². The van der Waals surface area contributed by atoms with Crippen LogP contribution in [0.15, 0.2) is 0 Å². The fourth-order valence-corrected chi connectivity index (χ4v) is 2.07. The number of hydroxylamine groups is 1. The van der Waals surface area contributed by atoms with Crippen molar-refractivity contribution in [3.05, 3.63) is 0 Å². The highest BCUT2D eigenvalue weighted by molar-refractivity contribution is 4.71. The predicted molar refractivity (Wildman–Crippen MR) is 61.4 cm³/mol. The van der Waals surface area contributed by atoms with E-state index in [2.05, 4.69) is 5.48 Å². The van der Waals surface area contributed by atoms with E-state index in [0.717, 1.165) is 12.3 Å². The van der Waals surface area contributed by atoms with E-state index in [1.165, 1.54) is 25.7 Å². The van der Waals surface area contributed by atoms with Gasteiger partial charge in [0.25, 0.3) is 0 Å². The van der Waals surface area contributed by atoms with Gasteiger partial charge >= 0.3 is 0 Å². The van der Waals surface area contributed by atoms with Gasteiger partial charge in [-0.25, -0.2) is 0 Å². The lowest BCUT2D eigenvalue weighted by Crippen LogP contribution is -2.35.